The fraction of sp³-hybridized carbons (Fsp3) is 0.0800. The number of methoxy groups -OCH3 is 1. The second kappa shape index (κ2) is 10.2. The largest absolute Gasteiger partial charge is 0.493 e. The van der Waals surface area contributed by atoms with Crippen LogP contribution in [0.1, 0.15) is 16.7 Å². The summed E-state index contributed by atoms with van der Waals surface area (Å²) in [6.07, 6.45) is 1.58. The van der Waals surface area contributed by atoms with Crippen LogP contribution in [0, 0.1) is 14.9 Å². The van der Waals surface area contributed by atoms with E-state index in [0.717, 1.165) is 14.0 Å². The molecule has 0 bridgehead atoms. The molecule has 1 heterocycles. The standard InChI is InChI=1S/C25H17ClIN3O4/c1-33-22-12-15(10-20(27)23(22)34-14-17-5-3-2-4-16(17)13-28)11-21-24(31)30(25(32)29-21)19-8-6-18(26)7-9-19/h2-12H,14H2,1H3,(H,29,32)/b21-11+. The van der Waals surface area contributed by atoms with Crippen LogP contribution in [-0.2, 0) is 11.4 Å². The molecule has 0 atom stereocenters. The number of benzene rings is 3. The number of carbonyl (C=O) groups is 2. The van der Waals surface area contributed by atoms with Gasteiger partial charge in [-0.1, -0.05) is 29.8 Å². The number of halogens is 2. The predicted octanol–water partition coefficient (Wildman–Crippen LogP) is 5.50. The Kier molecular flexibility index (Phi) is 7.05. The molecule has 0 aliphatic carbocycles. The Labute approximate surface area is 214 Å². The lowest BCUT2D eigenvalue weighted by molar-refractivity contribution is -0.113. The van der Waals surface area contributed by atoms with Gasteiger partial charge in [0.05, 0.1) is 28.0 Å². The van der Waals surface area contributed by atoms with Gasteiger partial charge in [0.25, 0.3) is 5.91 Å². The number of hydrogen-bond donors (Lipinski definition) is 1. The first kappa shape index (κ1) is 23.6. The third-order valence-corrected chi connectivity index (χ3v) is 6.09. The van der Waals surface area contributed by atoms with Gasteiger partial charge in [0.15, 0.2) is 11.5 Å². The summed E-state index contributed by atoms with van der Waals surface area (Å²) in [5.74, 6) is 0.497. The molecule has 1 N–H and O–H groups in total. The normalized spacial score (nSPS) is 14.2. The van der Waals surface area contributed by atoms with E-state index in [1.54, 1.807) is 48.5 Å². The van der Waals surface area contributed by atoms with Crippen LogP contribution in [0.5, 0.6) is 11.5 Å². The number of nitrogens with one attached hydrogen (secondary N) is 1. The van der Waals surface area contributed by atoms with Crippen molar-refractivity contribution in [2.45, 2.75) is 6.61 Å². The maximum Gasteiger partial charge on any atom is 0.333 e. The number of carbonyl (C=O) groups excluding carboxylic acids is 2. The fourth-order valence-corrected chi connectivity index (χ4v) is 4.30. The van der Waals surface area contributed by atoms with E-state index in [-0.39, 0.29) is 12.3 Å². The lowest BCUT2D eigenvalue weighted by atomic mass is 10.1. The van der Waals surface area contributed by atoms with E-state index in [2.05, 4.69) is 34.0 Å². The number of nitrogens with zero attached hydrogens (tertiary/aromatic N) is 2. The zero-order valence-corrected chi connectivity index (χ0v) is 20.8. The highest BCUT2D eigenvalue weighted by atomic mass is 127. The summed E-state index contributed by atoms with van der Waals surface area (Å²) in [4.78, 5) is 26.4. The average Bonchev–Trinajstić information content (AvgIpc) is 3.11. The lowest BCUT2D eigenvalue weighted by Crippen LogP contribution is -2.30. The molecule has 1 saturated heterocycles. The number of ether oxygens (including phenoxy) is 2. The number of anilines is 1. The molecule has 3 aromatic rings. The van der Waals surface area contributed by atoms with Gasteiger partial charge in [-0.25, -0.2) is 9.69 Å². The van der Waals surface area contributed by atoms with E-state index >= 15 is 0 Å². The van der Waals surface area contributed by atoms with Gasteiger partial charge in [-0.05, 0) is 76.7 Å². The van der Waals surface area contributed by atoms with Crippen molar-refractivity contribution in [2.75, 3.05) is 12.0 Å². The summed E-state index contributed by atoms with van der Waals surface area (Å²) in [5, 5.41) is 12.4. The summed E-state index contributed by atoms with van der Waals surface area (Å²) in [6.45, 7) is 0.196. The smallest absolute Gasteiger partial charge is 0.333 e. The molecule has 0 spiro atoms. The number of amides is 3. The van der Waals surface area contributed by atoms with Gasteiger partial charge in [-0.3, -0.25) is 4.79 Å². The molecule has 0 radical (unpaired) electrons. The summed E-state index contributed by atoms with van der Waals surface area (Å²) in [6, 6.07) is 18.8. The summed E-state index contributed by atoms with van der Waals surface area (Å²) >= 11 is 8.02. The van der Waals surface area contributed by atoms with Crippen molar-refractivity contribution in [3.63, 3.8) is 0 Å². The van der Waals surface area contributed by atoms with Crippen LogP contribution in [0.4, 0.5) is 10.5 Å². The van der Waals surface area contributed by atoms with Crippen molar-refractivity contribution >= 4 is 57.9 Å². The molecule has 0 saturated carbocycles. The van der Waals surface area contributed by atoms with Crippen molar-refractivity contribution in [3.8, 4) is 17.6 Å². The molecular weight excluding hydrogens is 569 g/mol. The molecule has 9 heteroatoms. The fourth-order valence-electron chi connectivity index (χ4n) is 3.39. The molecule has 4 rings (SSSR count). The maximum atomic E-state index is 12.9. The number of hydrogen-bond acceptors (Lipinski definition) is 5. The van der Waals surface area contributed by atoms with Gasteiger partial charge in [0.1, 0.15) is 12.3 Å². The van der Waals surface area contributed by atoms with E-state index in [0.29, 0.717) is 33.3 Å². The maximum absolute atomic E-state index is 12.9. The SMILES string of the molecule is COc1cc(/C=C2/NC(=O)N(c3ccc(Cl)cc3)C2=O)cc(I)c1OCc1ccccc1C#N. The van der Waals surface area contributed by atoms with E-state index in [1.165, 1.54) is 7.11 Å². The number of nitriles is 1. The molecular formula is C25H17ClIN3O4. The van der Waals surface area contributed by atoms with Gasteiger partial charge < -0.3 is 14.8 Å². The third-order valence-electron chi connectivity index (χ3n) is 5.04. The number of imide groups is 1. The van der Waals surface area contributed by atoms with Crippen molar-refractivity contribution in [1.29, 1.82) is 5.26 Å². The van der Waals surface area contributed by atoms with Crippen molar-refractivity contribution in [2.24, 2.45) is 0 Å². The number of rotatable bonds is 6. The Balaban J connectivity index is 1.59. The minimum Gasteiger partial charge on any atom is -0.493 e. The van der Waals surface area contributed by atoms with E-state index in [4.69, 9.17) is 21.1 Å². The summed E-state index contributed by atoms with van der Waals surface area (Å²) in [7, 11) is 1.52. The zero-order valence-electron chi connectivity index (χ0n) is 17.8. The van der Waals surface area contributed by atoms with Gasteiger partial charge in [0.2, 0.25) is 0 Å². The second-order valence-electron chi connectivity index (χ2n) is 7.20. The molecule has 1 fully saturated rings. The highest BCUT2D eigenvalue weighted by Crippen LogP contribution is 2.35. The second-order valence-corrected chi connectivity index (χ2v) is 8.80. The molecule has 3 aromatic carbocycles. The summed E-state index contributed by atoms with van der Waals surface area (Å²) in [5.41, 5.74) is 2.50. The third kappa shape index (κ3) is 4.85. The van der Waals surface area contributed by atoms with Crippen LogP contribution in [0.3, 0.4) is 0 Å². The molecule has 7 nitrogen and oxygen atoms in total. The topological polar surface area (TPSA) is 91.7 Å². The Morgan fingerprint density at radius 1 is 1.15 bits per heavy atom. The Morgan fingerprint density at radius 3 is 2.59 bits per heavy atom. The lowest BCUT2D eigenvalue weighted by Gasteiger charge is -2.14. The Morgan fingerprint density at radius 2 is 1.88 bits per heavy atom. The van der Waals surface area contributed by atoms with Gasteiger partial charge in [-0.2, -0.15) is 5.26 Å². The van der Waals surface area contributed by atoms with Crippen LogP contribution < -0.4 is 19.7 Å². The Hall–Kier alpha value is -3.55. The molecule has 0 unspecified atom stereocenters. The summed E-state index contributed by atoms with van der Waals surface area (Å²) < 4.78 is 12.2. The highest BCUT2D eigenvalue weighted by molar-refractivity contribution is 14.1. The minimum atomic E-state index is -0.545. The first-order valence-corrected chi connectivity index (χ1v) is 11.5. The van der Waals surface area contributed by atoms with Gasteiger partial charge in [0, 0.05) is 10.6 Å². The van der Waals surface area contributed by atoms with Crippen molar-refractivity contribution in [3.05, 3.63) is 91.6 Å². The van der Waals surface area contributed by atoms with Crippen molar-refractivity contribution in [1.82, 2.24) is 5.32 Å². The van der Waals surface area contributed by atoms with Crippen LogP contribution in [0.25, 0.3) is 6.08 Å². The Bertz CT molecular complexity index is 1350. The molecule has 170 valence electrons. The molecule has 1 aliphatic rings. The first-order chi connectivity index (χ1) is 16.4. The van der Waals surface area contributed by atoms with Crippen LogP contribution in [0.2, 0.25) is 5.02 Å². The number of urea groups is 1. The van der Waals surface area contributed by atoms with E-state index in [9.17, 15) is 14.9 Å². The average molecular weight is 586 g/mol. The van der Waals surface area contributed by atoms with E-state index in [1.807, 2.05) is 18.2 Å². The zero-order chi connectivity index (χ0) is 24.2. The van der Waals surface area contributed by atoms with Crippen LogP contribution >= 0.6 is 34.2 Å². The minimum absolute atomic E-state index is 0.134. The highest BCUT2D eigenvalue weighted by Gasteiger charge is 2.34. The molecule has 3 amide bonds. The monoisotopic (exact) mass is 585 g/mol. The van der Waals surface area contributed by atoms with Crippen molar-refractivity contribution < 1.29 is 19.1 Å². The first-order valence-electron chi connectivity index (χ1n) is 10.0. The predicted molar refractivity (Wildman–Crippen MR) is 137 cm³/mol. The quantitative estimate of drug-likeness (QED) is 0.234. The molecule has 1 aliphatic heterocycles. The van der Waals surface area contributed by atoms with Gasteiger partial charge >= 0.3 is 6.03 Å². The van der Waals surface area contributed by atoms with E-state index < -0.39 is 11.9 Å². The van der Waals surface area contributed by atoms with Crippen LogP contribution in [0.15, 0.2) is 66.4 Å². The molecule has 34 heavy (non-hydrogen) atoms. The van der Waals surface area contributed by atoms with Gasteiger partial charge in [-0.15, -0.1) is 0 Å². The molecule has 0 aromatic heterocycles. The van der Waals surface area contributed by atoms with Crippen LogP contribution in [-0.4, -0.2) is 19.0 Å².